The molecular formula is C22H21N5O2S. The number of amides is 2. The van der Waals surface area contributed by atoms with Gasteiger partial charge in [-0.15, -0.1) is 11.3 Å². The van der Waals surface area contributed by atoms with E-state index in [0.29, 0.717) is 11.0 Å². The standard InChI is InChI=1S/C22H21N5O2S/c1-3-19(28)26-21-23-10-17(11-24-21)16-6-4-5-15(9-16)13(2)20(29)27-22-25-12-18(30-22)14-7-8-14/h3-6,9-14H,1,7-8H2,2H3,(H,25,27,29)(H,23,24,26,28)/t13-/m0/s1. The van der Waals surface area contributed by atoms with Gasteiger partial charge >= 0.3 is 0 Å². The fourth-order valence-corrected chi connectivity index (χ4v) is 3.94. The van der Waals surface area contributed by atoms with Gasteiger partial charge in [-0.2, -0.15) is 0 Å². The van der Waals surface area contributed by atoms with Crippen LogP contribution in [0.3, 0.4) is 0 Å². The molecule has 8 heteroatoms. The zero-order valence-electron chi connectivity index (χ0n) is 16.5. The Morgan fingerprint density at radius 1 is 1.13 bits per heavy atom. The third-order valence-corrected chi connectivity index (χ3v) is 5.99. The molecule has 152 valence electrons. The average molecular weight is 420 g/mol. The first kappa shape index (κ1) is 19.9. The molecule has 0 bridgehead atoms. The van der Waals surface area contributed by atoms with Crippen molar-refractivity contribution in [1.82, 2.24) is 15.0 Å². The molecule has 0 saturated heterocycles. The van der Waals surface area contributed by atoms with Crippen LogP contribution in [0.4, 0.5) is 11.1 Å². The van der Waals surface area contributed by atoms with Crippen LogP contribution in [0.15, 0.2) is 55.5 Å². The minimum atomic E-state index is -0.367. The van der Waals surface area contributed by atoms with E-state index in [4.69, 9.17) is 0 Å². The van der Waals surface area contributed by atoms with E-state index in [-0.39, 0.29) is 23.7 Å². The minimum absolute atomic E-state index is 0.0948. The molecule has 1 atom stereocenters. The number of hydrogen-bond donors (Lipinski definition) is 2. The van der Waals surface area contributed by atoms with Gasteiger partial charge in [0.25, 0.3) is 0 Å². The predicted octanol–water partition coefficient (Wildman–Crippen LogP) is 4.34. The Labute approximate surface area is 178 Å². The number of thiazole rings is 1. The summed E-state index contributed by atoms with van der Waals surface area (Å²) in [7, 11) is 0. The van der Waals surface area contributed by atoms with Gasteiger partial charge in [-0.3, -0.25) is 14.9 Å². The second-order valence-corrected chi connectivity index (χ2v) is 8.23. The number of hydrogen-bond acceptors (Lipinski definition) is 6. The van der Waals surface area contributed by atoms with Crippen molar-refractivity contribution in [3.63, 3.8) is 0 Å². The van der Waals surface area contributed by atoms with E-state index in [1.54, 1.807) is 23.7 Å². The topological polar surface area (TPSA) is 96.9 Å². The molecule has 1 fully saturated rings. The fourth-order valence-electron chi connectivity index (χ4n) is 2.96. The van der Waals surface area contributed by atoms with Gasteiger partial charge in [0.15, 0.2) is 5.13 Å². The molecule has 4 rings (SSSR count). The fraction of sp³-hybridized carbons (Fsp3) is 0.227. The molecule has 0 unspecified atom stereocenters. The Hall–Kier alpha value is -3.39. The molecule has 30 heavy (non-hydrogen) atoms. The predicted molar refractivity (Wildman–Crippen MR) is 117 cm³/mol. The second kappa shape index (κ2) is 8.54. The SMILES string of the molecule is C=CC(=O)Nc1ncc(-c2cccc([C@H](C)C(=O)Nc3ncc(C4CC4)s3)c2)cn1. The highest BCUT2D eigenvalue weighted by Gasteiger charge is 2.26. The summed E-state index contributed by atoms with van der Waals surface area (Å²) in [4.78, 5) is 37.9. The molecule has 0 aliphatic heterocycles. The minimum Gasteiger partial charge on any atom is -0.301 e. The molecule has 1 aromatic carbocycles. The van der Waals surface area contributed by atoms with Crippen LogP contribution >= 0.6 is 11.3 Å². The molecule has 2 heterocycles. The Morgan fingerprint density at radius 3 is 2.60 bits per heavy atom. The number of benzene rings is 1. The maximum absolute atomic E-state index is 12.7. The van der Waals surface area contributed by atoms with Gasteiger partial charge in [0.05, 0.1) is 5.92 Å². The maximum atomic E-state index is 12.7. The van der Waals surface area contributed by atoms with Gasteiger partial charge in [-0.25, -0.2) is 15.0 Å². The average Bonchev–Trinajstić information content (AvgIpc) is 3.52. The van der Waals surface area contributed by atoms with E-state index in [2.05, 4.69) is 32.2 Å². The molecule has 7 nitrogen and oxygen atoms in total. The van der Waals surface area contributed by atoms with Crippen molar-refractivity contribution in [2.24, 2.45) is 0 Å². The maximum Gasteiger partial charge on any atom is 0.250 e. The Balaban J connectivity index is 1.45. The first-order chi connectivity index (χ1) is 14.5. The molecule has 2 N–H and O–H groups in total. The Morgan fingerprint density at radius 2 is 1.90 bits per heavy atom. The molecular weight excluding hydrogens is 398 g/mol. The number of anilines is 2. The monoisotopic (exact) mass is 419 g/mol. The molecule has 2 amide bonds. The van der Waals surface area contributed by atoms with E-state index in [1.807, 2.05) is 37.4 Å². The molecule has 1 saturated carbocycles. The molecule has 3 aromatic rings. The first-order valence-electron chi connectivity index (χ1n) is 9.66. The number of nitrogens with one attached hydrogen (secondary N) is 2. The van der Waals surface area contributed by atoms with E-state index in [1.165, 1.54) is 17.7 Å². The first-order valence-corrected chi connectivity index (χ1v) is 10.5. The van der Waals surface area contributed by atoms with Crippen molar-refractivity contribution in [2.45, 2.75) is 31.6 Å². The van der Waals surface area contributed by atoms with Crippen molar-refractivity contribution in [2.75, 3.05) is 10.6 Å². The van der Waals surface area contributed by atoms with Crippen molar-refractivity contribution < 1.29 is 9.59 Å². The summed E-state index contributed by atoms with van der Waals surface area (Å²) < 4.78 is 0. The van der Waals surface area contributed by atoms with Crippen LogP contribution in [-0.4, -0.2) is 26.8 Å². The van der Waals surface area contributed by atoms with Crippen LogP contribution in [0.1, 0.15) is 42.0 Å². The molecule has 1 aliphatic carbocycles. The smallest absolute Gasteiger partial charge is 0.250 e. The lowest BCUT2D eigenvalue weighted by atomic mass is 9.96. The van der Waals surface area contributed by atoms with Gasteiger partial charge in [0.1, 0.15) is 0 Å². The summed E-state index contributed by atoms with van der Waals surface area (Å²) in [5.41, 5.74) is 2.56. The third kappa shape index (κ3) is 4.60. The van der Waals surface area contributed by atoms with Gasteiger partial charge in [-0.05, 0) is 42.9 Å². The number of aromatic nitrogens is 3. The summed E-state index contributed by atoms with van der Waals surface area (Å²) in [6.45, 7) is 5.27. The van der Waals surface area contributed by atoms with Gasteiger partial charge in [-0.1, -0.05) is 30.8 Å². The summed E-state index contributed by atoms with van der Waals surface area (Å²) in [5, 5.41) is 6.09. The molecule has 2 aromatic heterocycles. The molecule has 1 aliphatic rings. The quantitative estimate of drug-likeness (QED) is 0.555. The summed E-state index contributed by atoms with van der Waals surface area (Å²) in [5.74, 6) is 0.0319. The van der Waals surface area contributed by atoms with Crippen LogP contribution in [-0.2, 0) is 9.59 Å². The van der Waals surface area contributed by atoms with Crippen molar-refractivity contribution in [1.29, 1.82) is 0 Å². The van der Waals surface area contributed by atoms with Crippen molar-refractivity contribution >= 4 is 34.2 Å². The van der Waals surface area contributed by atoms with E-state index in [9.17, 15) is 9.59 Å². The number of carbonyl (C=O) groups excluding carboxylic acids is 2. The van der Waals surface area contributed by atoms with Crippen LogP contribution in [0.25, 0.3) is 11.1 Å². The van der Waals surface area contributed by atoms with E-state index < -0.39 is 0 Å². The lowest BCUT2D eigenvalue weighted by molar-refractivity contribution is -0.117. The lowest BCUT2D eigenvalue weighted by Gasteiger charge is -2.12. The van der Waals surface area contributed by atoms with Crippen LogP contribution in [0.5, 0.6) is 0 Å². The van der Waals surface area contributed by atoms with Gasteiger partial charge in [0, 0.05) is 29.0 Å². The Kier molecular flexibility index (Phi) is 5.67. The number of carbonyl (C=O) groups is 2. The largest absolute Gasteiger partial charge is 0.301 e. The van der Waals surface area contributed by atoms with Gasteiger partial charge < -0.3 is 5.32 Å². The second-order valence-electron chi connectivity index (χ2n) is 7.17. The van der Waals surface area contributed by atoms with Crippen LogP contribution in [0.2, 0.25) is 0 Å². The zero-order valence-corrected chi connectivity index (χ0v) is 17.3. The van der Waals surface area contributed by atoms with E-state index in [0.717, 1.165) is 22.8 Å². The Bertz CT molecular complexity index is 1090. The highest BCUT2D eigenvalue weighted by molar-refractivity contribution is 7.15. The molecule has 0 spiro atoms. The highest BCUT2D eigenvalue weighted by Crippen LogP contribution is 2.43. The summed E-state index contributed by atoms with van der Waals surface area (Å²) in [6, 6.07) is 7.70. The number of rotatable bonds is 7. The summed E-state index contributed by atoms with van der Waals surface area (Å²) >= 11 is 1.56. The van der Waals surface area contributed by atoms with Gasteiger partial charge in [0.2, 0.25) is 17.8 Å². The van der Waals surface area contributed by atoms with Crippen molar-refractivity contribution in [3.05, 3.63) is 66.0 Å². The summed E-state index contributed by atoms with van der Waals surface area (Å²) in [6.07, 6.45) is 8.71. The van der Waals surface area contributed by atoms with Crippen molar-refractivity contribution in [3.8, 4) is 11.1 Å². The lowest BCUT2D eigenvalue weighted by Crippen LogP contribution is -2.18. The van der Waals surface area contributed by atoms with E-state index >= 15 is 0 Å². The highest BCUT2D eigenvalue weighted by atomic mass is 32.1. The normalized spacial score (nSPS) is 14.0. The zero-order chi connectivity index (χ0) is 21.1. The third-order valence-electron chi connectivity index (χ3n) is 4.92. The molecule has 0 radical (unpaired) electrons. The number of nitrogens with zero attached hydrogens (tertiary/aromatic N) is 3. The van der Waals surface area contributed by atoms with Crippen LogP contribution in [0, 0.1) is 0 Å². The van der Waals surface area contributed by atoms with Crippen LogP contribution < -0.4 is 10.6 Å².